The van der Waals surface area contributed by atoms with Crippen LogP contribution in [0.4, 0.5) is 0 Å². The van der Waals surface area contributed by atoms with E-state index in [0.717, 1.165) is 44.8 Å². The Morgan fingerprint density at radius 1 is 1.29 bits per heavy atom. The Bertz CT molecular complexity index is 438. The van der Waals surface area contributed by atoms with E-state index >= 15 is 0 Å². The smallest absolute Gasteiger partial charge is 0.222 e. The second kappa shape index (κ2) is 8.03. The highest BCUT2D eigenvalue weighted by atomic mass is 16.5. The van der Waals surface area contributed by atoms with Crippen LogP contribution in [0.2, 0.25) is 0 Å². The lowest BCUT2D eigenvalue weighted by atomic mass is 9.99. The van der Waals surface area contributed by atoms with Gasteiger partial charge in [0.05, 0.1) is 7.11 Å². The average Bonchev–Trinajstić information content (AvgIpc) is 2.54. The van der Waals surface area contributed by atoms with E-state index in [1.165, 1.54) is 5.56 Å². The van der Waals surface area contributed by atoms with Crippen LogP contribution in [0.25, 0.3) is 0 Å². The molecule has 0 unspecified atom stereocenters. The largest absolute Gasteiger partial charge is 0.497 e. The number of methoxy groups -OCH3 is 1. The van der Waals surface area contributed by atoms with Crippen molar-refractivity contribution in [3.05, 3.63) is 29.8 Å². The highest BCUT2D eigenvalue weighted by Crippen LogP contribution is 2.17. The molecule has 1 heterocycles. The third kappa shape index (κ3) is 5.05. The molecule has 0 atom stereocenters. The molecular weight excluding hydrogens is 266 g/mol. The van der Waals surface area contributed by atoms with Gasteiger partial charge in [0.2, 0.25) is 5.91 Å². The zero-order valence-corrected chi connectivity index (χ0v) is 13.0. The van der Waals surface area contributed by atoms with E-state index in [2.05, 4.69) is 0 Å². The van der Waals surface area contributed by atoms with Crippen LogP contribution in [-0.2, 0) is 16.0 Å². The molecular formula is C17H25NO3. The van der Waals surface area contributed by atoms with Gasteiger partial charge in [0.15, 0.2) is 0 Å². The first-order valence-electron chi connectivity index (χ1n) is 7.63. The fraction of sp³-hybridized carbons (Fsp3) is 0.588. The number of carbonyl (C=O) groups excluding carboxylic acids is 1. The van der Waals surface area contributed by atoms with Crippen molar-refractivity contribution >= 4 is 5.91 Å². The quantitative estimate of drug-likeness (QED) is 0.808. The number of amides is 1. The van der Waals surface area contributed by atoms with Gasteiger partial charge in [-0.2, -0.15) is 0 Å². The van der Waals surface area contributed by atoms with Crippen LogP contribution in [0.3, 0.4) is 0 Å². The molecule has 0 N–H and O–H groups in total. The molecule has 0 spiro atoms. The molecule has 0 aromatic heterocycles. The lowest BCUT2D eigenvalue weighted by Crippen LogP contribution is -2.34. The molecule has 116 valence electrons. The van der Waals surface area contributed by atoms with Gasteiger partial charge >= 0.3 is 0 Å². The van der Waals surface area contributed by atoms with E-state index in [-0.39, 0.29) is 5.91 Å². The van der Waals surface area contributed by atoms with Crippen molar-refractivity contribution in [1.82, 2.24) is 4.90 Å². The Hall–Kier alpha value is -1.55. The molecule has 1 amide bonds. The maximum absolute atomic E-state index is 12.2. The minimum atomic E-state index is 0.220. The Morgan fingerprint density at radius 3 is 2.57 bits per heavy atom. The number of hydrogen-bond acceptors (Lipinski definition) is 3. The summed E-state index contributed by atoms with van der Waals surface area (Å²) in [5.41, 5.74) is 1.17. The van der Waals surface area contributed by atoms with Gasteiger partial charge in [-0.05, 0) is 42.9 Å². The molecule has 0 aliphatic carbocycles. The zero-order chi connectivity index (χ0) is 15.1. The molecule has 0 radical (unpaired) electrons. The van der Waals surface area contributed by atoms with Crippen LogP contribution in [-0.4, -0.2) is 44.7 Å². The maximum atomic E-state index is 12.2. The Kier molecular flexibility index (Phi) is 6.05. The highest BCUT2D eigenvalue weighted by Gasteiger charge is 2.18. The molecule has 1 fully saturated rings. The molecule has 2 rings (SSSR count). The number of ether oxygens (including phenoxy) is 2. The van der Waals surface area contributed by atoms with E-state index < -0.39 is 0 Å². The summed E-state index contributed by atoms with van der Waals surface area (Å²) in [7, 11) is 3.57. The Morgan fingerprint density at radius 2 is 1.95 bits per heavy atom. The van der Waals surface area contributed by atoms with Crippen molar-refractivity contribution in [2.75, 3.05) is 33.9 Å². The number of nitrogens with zero attached hydrogens (tertiary/aromatic N) is 1. The van der Waals surface area contributed by atoms with E-state index in [0.29, 0.717) is 12.3 Å². The van der Waals surface area contributed by atoms with Crippen molar-refractivity contribution in [2.45, 2.75) is 25.7 Å². The van der Waals surface area contributed by atoms with Gasteiger partial charge in [-0.1, -0.05) is 12.1 Å². The molecule has 1 saturated heterocycles. The van der Waals surface area contributed by atoms with Crippen molar-refractivity contribution < 1.29 is 14.3 Å². The molecule has 1 aromatic carbocycles. The van der Waals surface area contributed by atoms with Crippen LogP contribution in [0.15, 0.2) is 24.3 Å². The lowest BCUT2D eigenvalue weighted by molar-refractivity contribution is -0.130. The van der Waals surface area contributed by atoms with Crippen molar-refractivity contribution in [2.24, 2.45) is 5.92 Å². The fourth-order valence-electron chi connectivity index (χ4n) is 2.65. The van der Waals surface area contributed by atoms with Gasteiger partial charge in [0.1, 0.15) is 5.75 Å². The fourth-order valence-corrected chi connectivity index (χ4v) is 2.65. The van der Waals surface area contributed by atoms with Gasteiger partial charge in [-0.25, -0.2) is 0 Å². The summed E-state index contributed by atoms with van der Waals surface area (Å²) in [5.74, 6) is 1.66. The molecule has 0 saturated carbocycles. The van der Waals surface area contributed by atoms with Gasteiger partial charge in [-0.3, -0.25) is 4.79 Å². The number of carbonyl (C=O) groups is 1. The van der Waals surface area contributed by atoms with E-state index in [1.54, 1.807) is 7.11 Å². The van der Waals surface area contributed by atoms with Gasteiger partial charge < -0.3 is 14.4 Å². The predicted octanol–water partition coefficient (Wildman–Crippen LogP) is 2.51. The summed E-state index contributed by atoms with van der Waals surface area (Å²) in [6.07, 6.45) is 3.47. The van der Waals surface area contributed by atoms with Crippen molar-refractivity contribution in [3.63, 3.8) is 0 Å². The minimum Gasteiger partial charge on any atom is -0.497 e. The standard InChI is InChI=1S/C17H25NO3/c1-18(13-15-9-11-21-12-10-15)17(19)8-5-14-3-6-16(20-2)7-4-14/h3-4,6-7,15H,5,8-13H2,1-2H3. The van der Waals surface area contributed by atoms with Gasteiger partial charge in [0.25, 0.3) is 0 Å². The summed E-state index contributed by atoms with van der Waals surface area (Å²) in [6.45, 7) is 2.52. The van der Waals surface area contributed by atoms with Crippen LogP contribution in [0.1, 0.15) is 24.8 Å². The normalized spacial score (nSPS) is 15.7. The molecule has 4 heteroatoms. The summed E-state index contributed by atoms with van der Waals surface area (Å²) in [5, 5.41) is 0. The van der Waals surface area contributed by atoms with Gasteiger partial charge in [-0.15, -0.1) is 0 Å². The molecule has 0 bridgehead atoms. The number of rotatable bonds is 6. The highest BCUT2D eigenvalue weighted by molar-refractivity contribution is 5.76. The summed E-state index contributed by atoms with van der Waals surface area (Å²) < 4.78 is 10.5. The summed E-state index contributed by atoms with van der Waals surface area (Å²) in [4.78, 5) is 14.1. The third-order valence-corrected chi connectivity index (χ3v) is 4.09. The molecule has 4 nitrogen and oxygen atoms in total. The minimum absolute atomic E-state index is 0.220. The van der Waals surface area contributed by atoms with E-state index in [1.807, 2.05) is 36.2 Å². The topological polar surface area (TPSA) is 38.8 Å². The summed E-state index contributed by atoms with van der Waals surface area (Å²) >= 11 is 0. The van der Waals surface area contributed by atoms with Crippen LogP contribution in [0, 0.1) is 5.92 Å². The molecule has 1 aromatic rings. The van der Waals surface area contributed by atoms with Gasteiger partial charge in [0, 0.05) is 33.2 Å². The van der Waals surface area contributed by atoms with E-state index in [9.17, 15) is 4.79 Å². The predicted molar refractivity (Wildman–Crippen MR) is 82.5 cm³/mol. The zero-order valence-electron chi connectivity index (χ0n) is 13.0. The number of benzene rings is 1. The maximum Gasteiger partial charge on any atom is 0.222 e. The second-order valence-corrected chi connectivity index (χ2v) is 5.68. The first kappa shape index (κ1) is 15.8. The monoisotopic (exact) mass is 291 g/mol. The summed E-state index contributed by atoms with van der Waals surface area (Å²) in [6, 6.07) is 7.91. The number of aryl methyl sites for hydroxylation is 1. The first-order valence-corrected chi connectivity index (χ1v) is 7.63. The third-order valence-electron chi connectivity index (χ3n) is 4.09. The Labute approximate surface area is 127 Å². The molecule has 21 heavy (non-hydrogen) atoms. The van der Waals surface area contributed by atoms with Crippen molar-refractivity contribution in [1.29, 1.82) is 0 Å². The van der Waals surface area contributed by atoms with Crippen LogP contribution < -0.4 is 4.74 Å². The molecule has 1 aliphatic heterocycles. The van der Waals surface area contributed by atoms with Crippen LogP contribution >= 0.6 is 0 Å². The average molecular weight is 291 g/mol. The Balaban J connectivity index is 1.74. The molecule has 1 aliphatic rings. The van der Waals surface area contributed by atoms with E-state index in [4.69, 9.17) is 9.47 Å². The van der Waals surface area contributed by atoms with Crippen molar-refractivity contribution in [3.8, 4) is 5.75 Å². The lowest BCUT2D eigenvalue weighted by Gasteiger charge is -2.27. The van der Waals surface area contributed by atoms with Crippen LogP contribution in [0.5, 0.6) is 5.75 Å². The number of hydrogen-bond donors (Lipinski definition) is 0. The first-order chi connectivity index (χ1) is 10.2. The SMILES string of the molecule is COc1ccc(CCC(=O)N(C)CC2CCOCC2)cc1. The second-order valence-electron chi connectivity index (χ2n) is 5.68.